The first-order valence-corrected chi connectivity index (χ1v) is 7.21. The molecule has 0 saturated heterocycles. The smallest absolute Gasteiger partial charge is 0.380 e. The van der Waals surface area contributed by atoms with Crippen molar-refractivity contribution in [1.82, 2.24) is 5.32 Å². The predicted octanol–water partition coefficient (Wildman–Crippen LogP) is 3.90. The van der Waals surface area contributed by atoms with Crippen LogP contribution >= 0.6 is 0 Å². The Morgan fingerprint density at radius 1 is 1.14 bits per heavy atom. The zero-order valence-corrected chi connectivity index (χ0v) is 13.0. The molecule has 0 spiro atoms. The topological polar surface area (TPSA) is 21.3 Å². The van der Waals surface area contributed by atoms with E-state index in [4.69, 9.17) is 4.74 Å². The molecule has 21 heavy (non-hydrogen) atoms. The van der Waals surface area contributed by atoms with Gasteiger partial charge in [0.2, 0.25) is 0 Å². The molecule has 1 aromatic carbocycles. The Balaban J connectivity index is 2.84. The third-order valence-electron chi connectivity index (χ3n) is 3.53. The zero-order valence-electron chi connectivity index (χ0n) is 13.0. The third kappa shape index (κ3) is 5.32. The quantitative estimate of drug-likeness (QED) is 0.825. The van der Waals surface area contributed by atoms with Gasteiger partial charge in [0.15, 0.2) is 0 Å². The summed E-state index contributed by atoms with van der Waals surface area (Å²) in [6, 6.07) is 5.43. The second kappa shape index (κ2) is 7.80. The van der Waals surface area contributed by atoms with E-state index < -0.39 is 11.7 Å². The normalized spacial score (nSPS) is 15.2. The van der Waals surface area contributed by atoms with E-state index in [0.29, 0.717) is 12.3 Å². The van der Waals surface area contributed by atoms with E-state index in [-0.39, 0.29) is 12.1 Å². The van der Waals surface area contributed by atoms with Crippen LogP contribution in [0.2, 0.25) is 0 Å². The minimum atomic E-state index is -4.29. The molecular weight excluding hydrogens is 279 g/mol. The highest BCUT2D eigenvalue weighted by Crippen LogP contribution is 2.29. The van der Waals surface area contributed by atoms with Crippen molar-refractivity contribution in [2.24, 2.45) is 5.92 Å². The van der Waals surface area contributed by atoms with Crippen LogP contribution in [-0.2, 0) is 17.3 Å². The number of benzene rings is 1. The van der Waals surface area contributed by atoms with Crippen LogP contribution in [0.15, 0.2) is 24.3 Å². The Morgan fingerprint density at radius 2 is 1.71 bits per heavy atom. The van der Waals surface area contributed by atoms with Crippen LogP contribution in [0.4, 0.5) is 13.2 Å². The lowest BCUT2D eigenvalue weighted by Gasteiger charge is -2.30. The van der Waals surface area contributed by atoms with Gasteiger partial charge in [-0.2, -0.15) is 13.2 Å². The van der Waals surface area contributed by atoms with Crippen LogP contribution in [0.3, 0.4) is 0 Å². The van der Waals surface area contributed by atoms with Crippen molar-refractivity contribution in [2.45, 2.75) is 45.5 Å². The summed E-state index contributed by atoms with van der Waals surface area (Å²) in [7, 11) is 1.67. The molecule has 0 aromatic heterocycles. The maximum absolute atomic E-state index is 12.6. The number of alkyl halides is 3. The Hall–Kier alpha value is -1.07. The maximum Gasteiger partial charge on any atom is 0.416 e. The molecule has 0 radical (unpaired) electrons. The molecule has 0 saturated carbocycles. The van der Waals surface area contributed by atoms with Gasteiger partial charge in [-0.15, -0.1) is 0 Å². The van der Waals surface area contributed by atoms with Crippen molar-refractivity contribution >= 4 is 0 Å². The van der Waals surface area contributed by atoms with Crippen LogP contribution in [0.25, 0.3) is 0 Å². The minimum Gasteiger partial charge on any atom is -0.380 e. The highest BCUT2D eigenvalue weighted by atomic mass is 19.4. The van der Waals surface area contributed by atoms with Crippen LogP contribution < -0.4 is 5.32 Å². The molecule has 2 atom stereocenters. The summed E-state index contributed by atoms with van der Waals surface area (Å²) in [6.07, 6.45) is -3.62. The number of hydrogen-bond donors (Lipinski definition) is 1. The lowest BCUT2D eigenvalue weighted by molar-refractivity contribution is -0.137. The Morgan fingerprint density at radius 3 is 2.10 bits per heavy atom. The van der Waals surface area contributed by atoms with Crippen molar-refractivity contribution in [2.75, 3.05) is 13.7 Å². The van der Waals surface area contributed by atoms with Crippen molar-refractivity contribution in [3.05, 3.63) is 35.4 Å². The Labute approximate surface area is 124 Å². The molecule has 1 N–H and O–H groups in total. The fourth-order valence-corrected chi connectivity index (χ4v) is 2.55. The first-order valence-electron chi connectivity index (χ1n) is 7.21. The molecule has 0 fully saturated rings. The minimum absolute atomic E-state index is 0.0206. The van der Waals surface area contributed by atoms with Crippen LogP contribution in [0, 0.1) is 5.92 Å². The van der Waals surface area contributed by atoms with Gasteiger partial charge in [0, 0.05) is 13.2 Å². The van der Waals surface area contributed by atoms with E-state index in [1.807, 2.05) is 6.92 Å². The number of ether oxygens (including phenoxy) is 1. The van der Waals surface area contributed by atoms with Crippen LogP contribution in [0.1, 0.15) is 31.9 Å². The summed E-state index contributed by atoms with van der Waals surface area (Å²) in [5.74, 6) is 0.327. The van der Waals surface area contributed by atoms with Gasteiger partial charge in [0.25, 0.3) is 0 Å². The molecular formula is C16H24F3NO. The fourth-order valence-electron chi connectivity index (χ4n) is 2.55. The van der Waals surface area contributed by atoms with Crippen LogP contribution in [0.5, 0.6) is 0 Å². The number of halogens is 3. The first kappa shape index (κ1) is 18.0. The van der Waals surface area contributed by atoms with E-state index >= 15 is 0 Å². The van der Waals surface area contributed by atoms with Gasteiger partial charge in [-0.1, -0.05) is 32.9 Å². The molecule has 0 aliphatic rings. The molecule has 5 heteroatoms. The summed E-state index contributed by atoms with van der Waals surface area (Å²) in [4.78, 5) is 0. The average molecular weight is 303 g/mol. The average Bonchev–Trinajstić information content (AvgIpc) is 2.39. The molecule has 0 aliphatic heterocycles. The summed E-state index contributed by atoms with van der Waals surface area (Å²) in [5, 5.41) is 3.36. The molecule has 0 amide bonds. The number of likely N-dealkylation sites (N-methyl/N-ethyl adjacent to an activating group) is 1. The lowest BCUT2D eigenvalue weighted by atomic mass is 9.93. The number of methoxy groups -OCH3 is 1. The summed E-state index contributed by atoms with van der Waals surface area (Å²) >= 11 is 0. The van der Waals surface area contributed by atoms with E-state index in [2.05, 4.69) is 19.2 Å². The van der Waals surface area contributed by atoms with Gasteiger partial charge in [-0.25, -0.2) is 0 Å². The highest BCUT2D eigenvalue weighted by Gasteiger charge is 2.30. The Kier molecular flexibility index (Phi) is 6.68. The number of hydrogen-bond acceptors (Lipinski definition) is 2. The zero-order chi connectivity index (χ0) is 16.0. The predicted molar refractivity (Wildman–Crippen MR) is 78.2 cm³/mol. The van der Waals surface area contributed by atoms with E-state index in [9.17, 15) is 13.2 Å². The molecule has 2 nitrogen and oxygen atoms in total. The summed E-state index contributed by atoms with van der Waals surface area (Å²) in [5.41, 5.74) is 0.259. The monoisotopic (exact) mass is 303 g/mol. The highest BCUT2D eigenvalue weighted by molar-refractivity contribution is 5.25. The SMILES string of the molecule is CCNC(Cc1ccc(C(F)(F)F)cc1)C(OC)C(C)C. The summed E-state index contributed by atoms with van der Waals surface area (Å²) in [6.45, 7) is 6.95. The van der Waals surface area contributed by atoms with Crippen molar-refractivity contribution in [3.63, 3.8) is 0 Å². The fraction of sp³-hybridized carbons (Fsp3) is 0.625. The first-order chi connectivity index (χ1) is 9.79. The molecule has 0 bridgehead atoms. The van der Waals surface area contributed by atoms with Gasteiger partial charge in [-0.05, 0) is 36.6 Å². The standard InChI is InChI=1S/C16H24F3NO/c1-5-20-14(15(21-4)11(2)3)10-12-6-8-13(9-7-12)16(17,18)19/h6-9,11,14-15,20H,5,10H2,1-4H3. The second-order valence-corrected chi connectivity index (χ2v) is 5.51. The van der Waals surface area contributed by atoms with E-state index in [0.717, 1.165) is 24.2 Å². The van der Waals surface area contributed by atoms with Gasteiger partial charge in [0.05, 0.1) is 11.7 Å². The van der Waals surface area contributed by atoms with Gasteiger partial charge in [-0.3, -0.25) is 0 Å². The van der Waals surface area contributed by atoms with Crippen molar-refractivity contribution < 1.29 is 17.9 Å². The van der Waals surface area contributed by atoms with Gasteiger partial charge in [0.1, 0.15) is 0 Å². The van der Waals surface area contributed by atoms with Gasteiger partial charge >= 0.3 is 6.18 Å². The van der Waals surface area contributed by atoms with Crippen molar-refractivity contribution in [3.8, 4) is 0 Å². The molecule has 1 aromatic rings. The maximum atomic E-state index is 12.6. The molecule has 2 unspecified atom stereocenters. The summed E-state index contributed by atoms with van der Waals surface area (Å²) < 4.78 is 43.2. The molecule has 0 aliphatic carbocycles. The van der Waals surface area contributed by atoms with E-state index in [1.165, 1.54) is 0 Å². The third-order valence-corrected chi connectivity index (χ3v) is 3.53. The van der Waals surface area contributed by atoms with Gasteiger partial charge < -0.3 is 10.1 Å². The van der Waals surface area contributed by atoms with E-state index in [1.54, 1.807) is 19.2 Å². The van der Waals surface area contributed by atoms with Crippen LogP contribution in [-0.4, -0.2) is 25.8 Å². The largest absolute Gasteiger partial charge is 0.416 e. The lowest BCUT2D eigenvalue weighted by Crippen LogP contribution is -2.45. The molecule has 0 heterocycles. The second-order valence-electron chi connectivity index (χ2n) is 5.51. The number of rotatable bonds is 7. The number of nitrogens with one attached hydrogen (secondary N) is 1. The molecule has 120 valence electrons. The Bertz CT molecular complexity index is 415. The molecule has 1 rings (SSSR count). The van der Waals surface area contributed by atoms with Crippen molar-refractivity contribution in [1.29, 1.82) is 0 Å².